The number of hydrogen-bond donors (Lipinski definition) is 1. The Morgan fingerprint density at radius 1 is 1.00 bits per heavy atom. The summed E-state index contributed by atoms with van der Waals surface area (Å²) in [5, 5.41) is 9.44. The van der Waals surface area contributed by atoms with Gasteiger partial charge in [-0.15, -0.1) is 0 Å². The summed E-state index contributed by atoms with van der Waals surface area (Å²) in [6.45, 7) is 2.80. The van der Waals surface area contributed by atoms with Gasteiger partial charge in [-0.05, 0) is 60.1 Å². The van der Waals surface area contributed by atoms with Crippen molar-refractivity contribution in [1.82, 2.24) is 4.90 Å². The van der Waals surface area contributed by atoms with Crippen molar-refractivity contribution >= 4 is 5.97 Å². The summed E-state index contributed by atoms with van der Waals surface area (Å²) >= 11 is 0. The first-order valence-electron chi connectivity index (χ1n) is 10.8. The van der Waals surface area contributed by atoms with Crippen LogP contribution in [-0.2, 0) is 30.5 Å². The van der Waals surface area contributed by atoms with Crippen molar-refractivity contribution in [3.8, 4) is 5.75 Å². The van der Waals surface area contributed by atoms with Gasteiger partial charge in [0, 0.05) is 37.9 Å². The van der Waals surface area contributed by atoms with Gasteiger partial charge >= 0.3 is 5.97 Å². The number of hydrogen-bond acceptors (Lipinski definition) is 3. The summed E-state index contributed by atoms with van der Waals surface area (Å²) in [5.74, 6) is 0.390. The molecule has 2 fully saturated rings. The molecular formula is C25H27NO3. The Morgan fingerprint density at radius 2 is 1.69 bits per heavy atom. The summed E-state index contributed by atoms with van der Waals surface area (Å²) in [7, 11) is 0. The minimum Gasteiger partial charge on any atom is -0.490 e. The Kier molecular flexibility index (Phi) is 3.68. The normalized spacial score (nSPS) is 23.4. The largest absolute Gasteiger partial charge is 0.490 e. The molecule has 4 aliphatic rings. The van der Waals surface area contributed by atoms with Crippen molar-refractivity contribution in [3.63, 3.8) is 0 Å². The first kappa shape index (κ1) is 17.5. The van der Waals surface area contributed by atoms with Crippen molar-refractivity contribution < 1.29 is 14.6 Å². The molecule has 29 heavy (non-hydrogen) atoms. The van der Waals surface area contributed by atoms with Crippen LogP contribution in [0.4, 0.5) is 0 Å². The zero-order chi connectivity index (χ0) is 19.6. The van der Waals surface area contributed by atoms with Crippen LogP contribution in [0.2, 0.25) is 0 Å². The maximum absolute atomic E-state index is 11.5. The van der Waals surface area contributed by atoms with Crippen LogP contribution in [0.3, 0.4) is 0 Å². The van der Waals surface area contributed by atoms with E-state index >= 15 is 0 Å². The molecule has 6 rings (SSSR count). The third-order valence-electron chi connectivity index (χ3n) is 7.58. The summed E-state index contributed by atoms with van der Waals surface area (Å²) < 4.78 is 6.35. The molecule has 1 saturated carbocycles. The van der Waals surface area contributed by atoms with Crippen molar-refractivity contribution in [2.45, 2.75) is 44.6 Å². The highest BCUT2D eigenvalue weighted by Crippen LogP contribution is 2.51. The molecule has 1 saturated heterocycles. The van der Waals surface area contributed by atoms with E-state index in [-0.39, 0.29) is 6.10 Å². The lowest BCUT2D eigenvalue weighted by atomic mass is 9.76. The Hall–Kier alpha value is -2.33. The third-order valence-corrected chi connectivity index (χ3v) is 7.58. The number of ether oxygens (including phenoxy) is 1. The summed E-state index contributed by atoms with van der Waals surface area (Å²) in [5.41, 5.74) is 5.60. The topological polar surface area (TPSA) is 49.8 Å². The fourth-order valence-corrected chi connectivity index (χ4v) is 5.93. The quantitative estimate of drug-likeness (QED) is 0.850. The predicted octanol–water partition coefficient (Wildman–Crippen LogP) is 3.50. The highest BCUT2D eigenvalue weighted by Gasteiger charge is 2.55. The zero-order valence-electron chi connectivity index (χ0n) is 16.7. The number of carbonyl (C=O) groups is 1. The second-order valence-corrected chi connectivity index (χ2v) is 9.93. The van der Waals surface area contributed by atoms with Gasteiger partial charge in [0.2, 0.25) is 0 Å². The Labute approximate surface area is 171 Å². The van der Waals surface area contributed by atoms with E-state index in [2.05, 4.69) is 47.4 Å². The molecule has 0 bridgehead atoms. The van der Waals surface area contributed by atoms with Crippen LogP contribution in [0.1, 0.15) is 35.1 Å². The van der Waals surface area contributed by atoms with E-state index in [1.807, 2.05) is 0 Å². The number of nitrogens with zero attached hydrogens (tertiary/aromatic N) is 1. The van der Waals surface area contributed by atoms with E-state index in [4.69, 9.17) is 4.74 Å². The molecule has 1 aliphatic heterocycles. The summed E-state index contributed by atoms with van der Waals surface area (Å²) in [4.78, 5) is 13.8. The average Bonchev–Trinajstić information content (AvgIpc) is 3.19. The molecule has 4 nitrogen and oxygen atoms in total. The first-order valence-corrected chi connectivity index (χ1v) is 10.8. The van der Waals surface area contributed by atoms with Crippen LogP contribution in [-0.4, -0.2) is 41.7 Å². The molecule has 0 atom stereocenters. The van der Waals surface area contributed by atoms with Crippen LogP contribution in [0.15, 0.2) is 42.5 Å². The van der Waals surface area contributed by atoms with Gasteiger partial charge in [-0.1, -0.05) is 30.3 Å². The number of rotatable bonds is 5. The van der Waals surface area contributed by atoms with E-state index in [1.165, 1.54) is 22.3 Å². The predicted molar refractivity (Wildman–Crippen MR) is 110 cm³/mol. The highest BCUT2D eigenvalue weighted by molar-refractivity contribution is 5.78. The van der Waals surface area contributed by atoms with Crippen molar-refractivity contribution in [2.75, 3.05) is 19.6 Å². The maximum atomic E-state index is 11.5. The van der Waals surface area contributed by atoms with Crippen molar-refractivity contribution in [3.05, 3.63) is 64.7 Å². The van der Waals surface area contributed by atoms with Gasteiger partial charge in [-0.25, -0.2) is 0 Å². The molecule has 3 aliphatic carbocycles. The number of fused-ring (bicyclic) bond motifs is 2. The number of benzene rings is 2. The molecule has 0 aromatic heterocycles. The highest BCUT2D eigenvalue weighted by atomic mass is 16.5. The van der Waals surface area contributed by atoms with Gasteiger partial charge in [-0.3, -0.25) is 4.79 Å². The van der Waals surface area contributed by atoms with Gasteiger partial charge in [0.15, 0.2) is 0 Å². The first-order chi connectivity index (χ1) is 14.0. The lowest BCUT2D eigenvalue weighted by Gasteiger charge is -2.49. The van der Waals surface area contributed by atoms with Crippen LogP contribution in [0, 0.1) is 10.8 Å². The van der Waals surface area contributed by atoms with Crippen LogP contribution < -0.4 is 4.74 Å². The minimum atomic E-state index is -0.607. The lowest BCUT2D eigenvalue weighted by molar-refractivity contribution is -0.145. The maximum Gasteiger partial charge on any atom is 0.310 e. The smallest absolute Gasteiger partial charge is 0.310 e. The SMILES string of the molecule is O=C(O)C1(CN2CC3(Cc4ccc(OC5Cc6ccccc6C5)cc4C3)C2)CC1. The molecule has 150 valence electrons. The summed E-state index contributed by atoms with van der Waals surface area (Å²) in [6.07, 6.45) is 6.14. The molecule has 0 unspecified atom stereocenters. The van der Waals surface area contributed by atoms with Crippen LogP contribution in [0.5, 0.6) is 5.75 Å². The molecular weight excluding hydrogens is 362 g/mol. The second-order valence-electron chi connectivity index (χ2n) is 9.93. The average molecular weight is 389 g/mol. The number of carboxylic acids is 1. The van der Waals surface area contributed by atoms with Gasteiger partial charge < -0.3 is 14.7 Å². The Balaban J connectivity index is 1.09. The molecule has 1 spiro atoms. The van der Waals surface area contributed by atoms with Crippen LogP contribution in [0.25, 0.3) is 0 Å². The fraction of sp³-hybridized carbons (Fsp3) is 0.480. The standard InChI is InChI=1S/C25H27NO3/c27-23(28)25(7-8-25)16-26-14-24(15-26)12-19-5-6-21(11-20(19)13-24)29-22-9-17-3-1-2-4-18(17)10-22/h1-6,11,22H,7-10,12-16H2,(H,27,28). The minimum absolute atomic E-state index is 0.241. The number of aliphatic carboxylic acids is 1. The van der Waals surface area contributed by atoms with E-state index in [1.54, 1.807) is 0 Å². The molecule has 2 aromatic carbocycles. The molecule has 0 radical (unpaired) electrons. The van der Waals surface area contributed by atoms with E-state index in [9.17, 15) is 9.90 Å². The van der Waals surface area contributed by atoms with Gasteiger partial charge in [0.1, 0.15) is 11.9 Å². The van der Waals surface area contributed by atoms with E-state index in [0.717, 1.165) is 63.9 Å². The molecule has 1 N–H and O–H groups in total. The van der Waals surface area contributed by atoms with E-state index in [0.29, 0.717) is 5.41 Å². The van der Waals surface area contributed by atoms with Crippen molar-refractivity contribution in [1.29, 1.82) is 0 Å². The monoisotopic (exact) mass is 389 g/mol. The van der Waals surface area contributed by atoms with Gasteiger partial charge in [0.25, 0.3) is 0 Å². The summed E-state index contributed by atoms with van der Waals surface area (Å²) in [6, 6.07) is 15.3. The molecule has 2 aromatic rings. The molecule has 0 amide bonds. The van der Waals surface area contributed by atoms with Crippen LogP contribution >= 0.6 is 0 Å². The number of carboxylic acid groups (broad SMARTS) is 1. The molecule has 4 heteroatoms. The second kappa shape index (κ2) is 6.09. The van der Waals surface area contributed by atoms with E-state index < -0.39 is 11.4 Å². The lowest BCUT2D eigenvalue weighted by Crippen LogP contribution is -2.58. The molecule has 1 heterocycles. The number of likely N-dealkylation sites (tertiary alicyclic amines) is 1. The third kappa shape index (κ3) is 2.96. The fourth-order valence-electron chi connectivity index (χ4n) is 5.93. The van der Waals surface area contributed by atoms with Gasteiger partial charge in [-0.2, -0.15) is 0 Å². The van der Waals surface area contributed by atoms with Gasteiger partial charge in [0.05, 0.1) is 5.41 Å². The zero-order valence-corrected chi connectivity index (χ0v) is 16.7. The van der Waals surface area contributed by atoms with Crippen molar-refractivity contribution in [2.24, 2.45) is 10.8 Å². The Bertz CT molecular complexity index is 962. The Morgan fingerprint density at radius 3 is 2.34 bits per heavy atom.